The molecule has 0 radical (unpaired) electrons. The Morgan fingerprint density at radius 3 is 1.04 bits per heavy atom. The molecule has 1 saturated heterocycles. The molecule has 0 bridgehead atoms. The number of fused-ring (bicyclic) bond motifs is 2. The van der Waals surface area contributed by atoms with E-state index in [4.69, 9.17) is 55.7 Å². The number of aliphatic carboxylic acids is 1. The monoisotopic (exact) mass is 1410 g/mol. The first-order valence-electron chi connectivity index (χ1n) is 33.8. The van der Waals surface area contributed by atoms with Crippen LogP contribution in [-0.4, -0.2) is 192 Å². The third-order valence-electron chi connectivity index (χ3n) is 16.8. The molecule has 6 rings (SSSR count). The number of nitrogens with one attached hydrogen (secondary N) is 21. The second-order valence-corrected chi connectivity index (χ2v) is 24.7. The number of para-hydroxylation sites is 2. The Bertz CT molecular complexity index is 3710. The number of nitrogens with two attached hydrogens (primary N) is 5. The quantitative estimate of drug-likeness (QED) is 0.0103. The summed E-state index contributed by atoms with van der Waals surface area (Å²) in [5, 5.41) is 88.3. The van der Waals surface area contributed by atoms with Crippen molar-refractivity contribution >= 4 is 105 Å². The van der Waals surface area contributed by atoms with Gasteiger partial charge in [0.2, 0.25) is 47.3 Å². The summed E-state index contributed by atoms with van der Waals surface area (Å²) in [4.78, 5) is 137. The molecule has 8 amide bonds. The summed E-state index contributed by atoms with van der Waals surface area (Å²) in [6.07, 6.45) is 4.14. The molecule has 1 aliphatic heterocycles. The number of carbonyl (C=O) groups is 9. The fourth-order valence-corrected chi connectivity index (χ4v) is 11.6. The van der Waals surface area contributed by atoms with Gasteiger partial charge in [-0.3, -0.25) is 65.4 Å². The van der Waals surface area contributed by atoms with E-state index in [9.17, 15) is 29.1 Å². The first-order chi connectivity index (χ1) is 48.8. The van der Waals surface area contributed by atoms with Gasteiger partial charge in [0.1, 0.15) is 48.3 Å². The second kappa shape index (κ2) is 41.0. The molecule has 0 spiro atoms. The van der Waals surface area contributed by atoms with Crippen molar-refractivity contribution in [1.29, 1.82) is 27.0 Å². The topological polar surface area (TPSA) is 623 Å². The highest BCUT2D eigenvalue weighted by Gasteiger charge is 2.37. The number of amides is 8. The number of guanidine groups is 5. The first-order valence-corrected chi connectivity index (χ1v) is 33.8. The fraction of sp³-hybridized carbons (Fsp3) is 0.455. The van der Waals surface area contributed by atoms with Crippen LogP contribution in [0.2, 0.25) is 0 Å². The molecule has 0 aliphatic carbocycles. The van der Waals surface area contributed by atoms with Crippen molar-refractivity contribution in [2.75, 3.05) is 39.3 Å². The Balaban J connectivity index is 1.32. The van der Waals surface area contributed by atoms with Gasteiger partial charge in [0.05, 0.1) is 6.04 Å². The van der Waals surface area contributed by atoms with Crippen LogP contribution < -0.4 is 103 Å². The molecule has 36 nitrogen and oxygen atoms in total. The number of rotatable bonds is 43. The highest BCUT2D eigenvalue weighted by Crippen LogP contribution is 2.22. The average Bonchev–Trinajstić information content (AvgIpc) is 0.960. The van der Waals surface area contributed by atoms with E-state index in [0.717, 1.165) is 22.9 Å². The van der Waals surface area contributed by atoms with Crippen molar-refractivity contribution < 1.29 is 48.3 Å². The highest BCUT2D eigenvalue weighted by atomic mass is 16.4. The summed E-state index contributed by atoms with van der Waals surface area (Å²) in [6, 6.07) is 11.3. The Morgan fingerprint density at radius 1 is 0.402 bits per heavy atom. The summed E-state index contributed by atoms with van der Waals surface area (Å²) in [5.74, 6) is -9.79. The van der Waals surface area contributed by atoms with Crippen LogP contribution in [0.15, 0.2) is 91.3 Å². The zero-order chi connectivity index (χ0) is 74.1. The molecule has 552 valence electrons. The highest BCUT2D eigenvalue weighted by molar-refractivity contribution is 5.99. The van der Waals surface area contributed by atoms with Crippen molar-refractivity contribution in [1.82, 2.24) is 84.4 Å². The van der Waals surface area contributed by atoms with Gasteiger partial charge in [0.15, 0.2) is 29.8 Å². The lowest BCUT2D eigenvalue weighted by molar-refractivity contribution is -0.142. The van der Waals surface area contributed by atoms with Crippen LogP contribution in [0.3, 0.4) is 0 Å². The largest absolute Gasteiger partial charge is 0.480 e. The third-order valence-corrected chi connectivity index (χ3v) is 16.8. The lowest BCUT2D eigenvalue weighted by Crippen LogP contribution is -2.61. The Hall–Kier alpha value is -11.7. The molecule has 102 heavy (non-hydrogen) atoms. The van der Waals surface area contributed by atoms with Crippen molar-refractivity contribution in [2.24, 2.45) is 28.7 Å². The summed E-state index contributed by atoms with van der Waals surface area (Å²) in [5.41, 5.74) is 31.0. The summed E-state index contributed by atoms with van der Waals surface area (Å²) < 4.78 is 0. The van der Waals surface area contributed by atoms with Crippen molar-refractivity contribution in [3.05, 3.63) is 108 Å². The van der Waals surface area contributed by atoms with Crippen LogP contribution in [-0.2, 0) is 62.4 Å². The molecule has 36 heteroatoms. The Labute approximate surface area is 588 Å². The molecule has 2 aromatic heterocycles. The van der Waals surface area contributed by atoms with E-state index in [1.165, 1.54) is 0 Å². The number of carboxylic acid groups (broad SMARTS) is 1. The summed E-state index contributed by atoms with van der Waals surface area (Å²) in [6.45, 7) is 0.892. The maximum atomic E-state index is 15.1. The van der Waals surface area contributed by atoms with Gasteiger partial charge in [-0.2, -0.15) is 0 Å². The van der Waals surface area contributed by atoms with Gasteiger partial charge in [-0.1, -0.05) is 66.7 Å². The molecular formula is C66H98N26O10. The van der Waals surface area contributed by atoms with E-state index in [1.54, 1.807) is 60.9 Å². The molecule has 0 saturated carbocycles. The van der Waals surface area contributed by atoms with Gasteiger partial charge < -0.3 is 118 Å². The van der Waals surface area contributed by atoms with Gasteiger partial charge in [-0.25, -0.2) is 4.79 Å². The second-order valence-electron chi connectivity index (χ2n) is 24.7. The minimum atomic E-state index is -1.53. The van der Waals surface area contributed by atoms with Gasteiger partial charge in [-0.05, 0) is 112 Å². The predicted octanol–water partition coefficient (Wildman–Crippen LogP) is -3.29. The molecule has 5 aromatic rings. The number of hydrogen-bond acceptors (Lipinski definition) is 15. The molecule has 3 aromatic carbocycles. The van der Waals surface area contributed by atoms with E-state index in [1.807, 2.05) is 30.3 Å². The minimum absolute atomic E-state index is 0.0207. The van der Waals surface area contributed by atoms with E-state index in [0.29, 0.717) is 35.0 Å². The number of hydrogen-bond donors (Lipinski definition) is 27. The third kappa shape index (κ3) is 26.8. The fourth-order valence-electron chi connectivity index (χ4n) is 11.6. The van der Waals surface area contributed by atoms with Crippen LogP contribution in [0.1, 0.15) is 93.7 Å². The van der Waals surface area contributed by atoms with Gasteiger partial charge in [-0.15, -0.1) is 0 Å². The van der Waals surface area contributed by atoms with Crippen LogP contribution in [0, 0.1) is 27.0 Å². The molecular weight excluding hydrogens is 1320 g/mol. The van der Waals surface area contributed by atoms with Crippen LogP contribution >= 0.6 is 0 Å². The molecule has 1 fully saturated rings. The molecule has 9 atom stereocenters. The maximum Gasteiger partial charge on any atom is 0.326 e. The van der Waals surface area contributed by atoms with E-state index < -0.39 is 120 Å². The number of benzene rings is 3. The van der Waals surface area contributed by atoms with Crippen LogP contribution in [0.5, 0.6) is 0 Å². The first kappa shape index (κ1) is 79.3. The SMILES string of the molecule is N=C(N)NCCC[C@H](NC(=O)[C@H](CCCNC(=N)N)NC(=O)[C@H](Cc1c[nH]c2ccccc12)NC(=O)[C@H](CCCNC(=N)N)NC(=O)[C@H](CCCNC(=N)N)NC(=O)[C@H](CCCNC(=N)N)NC(=O)[C@H](Cc1c[nH]c2ccccc12)NC(=O)[C@H](Cc1ccccc1)NC(=O)[C@@H]1CCCN1)C(=O)O. The number of aromatic nitrogens is 2. The van der Waals surface area contributed by atoms with Gasteiger partial charge in [0, 0.05) is 86.2 Å². The number of carboxylic acids is 1. The van der Waals surface area contributed by atoms with E-state index >= 15 is 19.2 Å². The summed E-state index contributed by atoms with van der Waals surface area (Å²) >= 11 is 0. The molecule has 3 heterocycles. The normalized spacial score (nSPS) is 14.8. The lowest BCUT2D eigenvalue weighted by Gasteiger charge is -2.28. The molecule has 32 N–H and O–H groups in total. The predicted molar refractivity (Wildman–Crippen MR) is 384 cm³/mol. The number of H-pyrrole nitrogens is 2. The smallest absolute Gasteiger partial charge is 0.326 e. The number of aromatic amines is 2. The molecule has 1 aliphatic rings. The van der Waals surface area contributed by atoms with E-state index in [-0.39, 0.29) is 134 Å². The van der Waals surface area contributed by atoms with E-state index in [2.05, 4.69) is 84.4 Å². The van der Waals surface area contributed by atoms with Gasteiger partial charge in [0.25, 0.3) is 0 Å². The standard InChI is InChI=1S/C66H98N26O10/c67-62(68)78-27-9-21-45(85-55(95)46(22-10-28-79-63(69)70)87-60(100)52(34-39-36-84-43-19-7-5-17-41(39)43)92-58(98)50(32-37-14-2-1-3-15-37)90-53(93)44-20-8-26-77-44)54(94)86-48(24-12-30-81-65(73)74)57(97)91-51(33-38-35-83-42-18-6-4-16-40(38)42)59(99)88-47(23-11-29-80-64(71)72)56(96)89-49(61(101)102)25-13-31-82-66(75)76/h1-7,14-19,35-36,44-52,77,83-84H,8-13,20-34H2,(H,85,95)(H,86,94)(H,87,100)(H,88,99)(H,89,96)(H,90,93)(H,91,97)(H,92,98)(H,101,102)(H4,67,68,78)(H4,69,70,79)(H4,71,72,80)(H4,73,74,81)(H4,75,76,82)/t44-,45-,46-,47-,48-,49-,50-,51-,52-/m0/s1. The van der Waals surface area contributed by atoms with Crippen molar-refractivity contribution in [3.63, 3.8) is 0 Å². The van der Waals surface area contributed by atoms with Crippen molar-refractivity contribution in [3.8, 4) is 0 Å². The zero-order valence-electron chi connectivity index (χ0n) is 56.7. The molecule has 0 unspecified atom stereocenters. The van der Waals surface area contributed by atoms with Crippen molar-refractivity contribution in [2.45, 2.75) is 151 Å². The lowest BCUT2D eigenvalue weighted by atomic mass is 10.0. The zero-order valence-corrected chi connectivity index (χ0v) is 56.7. The minimum Gasteiger partial charge on any atom is -0.480 e. The average molecular weight is 1420 g/mol. The Morgan fingerprint density at radius 2 is 0.706 bits per heavy atom. The number of carbonyl (C=O) groups excluding carboxylic acids is 8. The van der Waals surface area contributed by atoms with Crippen LogP contribution in [0.4, 0.5) is 0 Å². The maximum absolute atomic E-state index is 15.1. The summed E-state index contributed by atoms with van der Waals surface area (Å²) in [7, 11) is 0. The van der Waals surface area contributed by atoms with Gasteiger partial charge >= 0.3 is 5.97 Å². The van der Waals surface area contributed by atoms with Crippen LogP contribution in [0.25, 0.3) is 21.8 Å². The Kier molecular flexibility index (Phi) is 31.9.